The predicted octanol–water partition coefficient (Wildman–Crippen LogP) is 1.44. The molecule has 2 aromatic heterocycles. The van der Waals surface area contributed by atoms with Crippen molar-refractivity contribution in [3.8, 4) is 0 Å². The predicted molar refractivity (Wildman–Crippen MR) is 77.5 cm³/mol. The van der Waals surface area contributed by atoms with Crippen molar-refractivity contribution < 1.29 is 4.42 Å². The van der Waals surface area contributed by atoms with E-state index in [9.17, 15) is 0 Å². The maximum Gasteiger partial charge on any atom is 0.244 e. The van der Waals surface area contributed by atoms with Gasteiger partial charge in [-0.25, -0.2) is 0 Å². The topological polar surface area (TPSA) is 79.1 Å². The minimum Gasteiger partial charge on any atom is -0.467 e. The Morgan fingerprint density at radius 1 is 1.30 bits per heavy atom. The summed E-state index contributed by atoms with van der Waals surface area (Å²) in [6.45, 7) is 2.42. The van der Waals surface area contributed by atoms with E-state index in [4.69, 9.17) is 4.42 Å². The van der Waals surface area contributed by atoms with Crippen LogP contribution in [0.5, 0.6) is 0 Å². The lowest BCUT2D eigenvalue weighted by atomic mass is 10.4. The summed E-state index contributed by atoms with van der Waals surface area (Å²) in [5.41, 5.74) is 0. The minimum atomic E-state index is 0.535. The lowest BCUT2D eigenvalue weighted by Crippen LogP contribution is -2.17. The number of furan rings is 1. The highest BCUT2D eigenvalue weighted by Gasteiger charge is 2.01. The van der Waals surface area contributed by atoms with Gasteiger partial charge >= 0.3 is 0 Å². The fourth-order valence-corrected chi connectivity index (χ4v) is 1.65. The van der Waals surface area contributed by atoms with Gasteiger partial charge in [0, 0.05) is 6.54 Å². The summed E-state index contributed by atoms with van der Waals surface area (Å²) in [4.78, 5) is 6.48. The first-order valence-corrected chi connectivity index (χ1v) is 6.58. The summed E-state index contributed by atoms with van der Waals surface area (Å²) in [7, 11) is 4.11. The summed E-state index contributed by atoms with van der Waals surface area (Å²) in [5.74, 6) is 2.06. The minimum absolute atomic E-state index is 0.535. The number of nitrogens with one attached hydrogen (secondary N) is 2. The summed E-state index contributed by atoms with van der Waals surface area (Å²) >= 11 is 0. The van der Waals surface area contributed by atoms with Gasteiger partial charge in [-0.15, -0.1) is 5.10 Å². The Morgan fingerprint density at radius 2 is 2.20 bits per heavy atom. The number of anilines is 2. The molecule has 0 aromatic carbocycles. The molecule has 7 nitrogen and oxygen atoms in total. The molecule has 20 heavy (non-hydrogen) atoms. The number of hydrogen-bond acceptors (Lipinski definition) is 7. The van der Waals surface area contributed by atoms with E-state index in [0.29, 0.717) is 18.3 Å². The van der Waals surface area contributed by atoms with Gasteiger partial charge in [-0.05, 0) is 39.2 Å². The number of nitrogens with zero attached hydrogens (tertiary/aromatic N) is 4. The standard InChI is InChI=1S/C13H20N6O/c1-19(2)7-4-6-14-13-17-12(10-16-18-13)15-9-11-5-3-8-20-11/h3,5,8,10H,4,6-7,9H2,1-2H3,(H2,14,15,17,18). The second kappa shape index (κ2) is 7.44. The summed E-state index contributed by atoms with van der Waals surface area (Å²) in [5, 5.41) is 14.2. The van der Waals surface area contributed by atoms with E-state index in [-0.39, 0.29) is 0 Å². The van der Waals surface area contributed by atoms with Crippen molar-refractivity contribution in [2.75, 3.05) is 37.8 Å². The Bertz CT molecular complexity index is 499. The third-order valence-corrected chi connectivity index (χ3v) is 2.65. The van der Waals surface area contributed by atoms with Crippen LogP contribution in [0.3, 0.4) is 0 Å². The van der Waals surface area contributed by atoms with Crippen LogP contribution in [0, 0.1) is 0 Å². The van der Waals surface area contributed by atoms with Gasteiger partial charge in [-0.3, -0.25) is 0 Å². The van der Waals surface area contributed by atoms with Gasteiger partial charge in [-0.1, -0.05) is 0 Å². The molecule has 0 saturated heterocycles. The molecule has 2 N–H and O–H groups in total. The summed E-state index contributed by atoms with van der Waals surface area (Å²) in [6.07, 6.45) is 4.27. The van der Waals surface area contributed by atoms with Crippen LogP contribution in [0.1, 0.15) is 12.2 Å². The lowest BCUT2D eigenvalue weighted by Gasteiger charge is -2.10. The molecule has 0 unspecified atom stereocenters. The van der Waals surface area contributed by atoms with Gasteiger partial charge in [0.25, 0.3) is 0 Å². The van der Waals surface area contributed by atoms with Gasteiger partial charge in [-0.2, -0.15) is 10.1 Å². The molecule has 0 fully saturated rings. The Kier molecular flexibility index (Phi) is 5.31. The van der Waals surface area contributed by atoms with Crippen molar-refractivity contribution in [3.05, 3.63) is 30.4 Å². The van der Waals surface area contributed by atoms with Gasteiger partial charge < -0.3 is 20.0 Å². The molecule has 0 amide bonds. The van der Waals surface area contributed by atoms with Gasteiger partial charge in [0.2, 0.25) is 5.95 Å². The molecule has 0 spiro atoms. The SMILES string of the molecule is CN(C)CCCNc1nncc(NCc2ccco2)n1. The smallest absolute Gasteiger partial charge is 0.244 e. The first-order chi connectivity index (χ1) is 9.74. The normalized spacial score (nSPS) is 10.8. The molecule has 2 rings (SSSR count). The monoisotopic (exact) mass is 276 g/mol. The van der Waals surface area contributed by atoms with E-state index in [0.717, 1.165) is 25.3 Å². The molecule has 2 heterocycles. The summed E-state index contributed by atoms with van der Waals surface area (Å²) in [6, 6.07) is 3.76. The molecule has 0 aliphatic heterocycles. The molecule has 2 aromatic rings. The van der Waals surface area contributed by atoms with Crippen molar-refractivity contribution in [2.24, 2.45) is 0 Å². The van der Waals surface area contributed by atoms with Crippen molar-refractivity contribution in [2.45, 2.75) is 13.0 Å². The molecule has 7 heteroatoms. The number of aromatic nitrogens is 3. The van der Waals surface area contributed by atoms with E-state index in [1.165, 1.54) is 0 Å². The van der Waals surface area contributed by atoms with Gasteiger partial charge in [0.15, 0.2) is 5.82 Å². The Balaban J connectivity index is 1.78. The Labute approximate surface area is 118 Å². The first-order valence-electron chi connectivity index (χ1n) is 6.58. The lowest BCUT2D eigenvalue weighted by molar-refractivity contribution is 0.405. The fraction of sp³-hybridized carbons (Fsp3) is 0.462. The van der Waals surface area contributed by atoms with E-state index >= 15 is 0 Å². The zero-order valence-electron chi connectivity index (χ0n) is 11.8. The second-order valence-corrected chi connectivity index (χ2v) is 4.68. The van der Waals surface area contributed by atoms with Gasteiger partial charge in [0.1, 0.15) is 5.76 Å². The molecule has 108 valence electrons. The first kappa shape index (κ1) is 14.3. The Morgan fingerprint density at radius 3 is 2.95 bits per heavy atom. The Hall–Kier alpha value is -2.15. The van der Waals surface area contributed by atoms with Crippen molar-refractivity contribution >= 4 is 11.8 Å². The number of rotatable bonds is 8. The van der Waals surface area contributed by atoms with Crippen LogP contribution < -0.4 is 10.6 Å². The highest BCUT2D eigenvalue weighted by Crippen LogP contribution is 2.07. The van der Waals surface area contributed by atoms with Crippen LogP contribution in [0.4, 0.5) is 11.8 Å². The molecule has 0 radical (unpaired) electrons. The van der Waals surface area contributed by atoms with Crippen LogP contribution in [0.2, 0.25) is 0 Å². The van der Waals surface area contributed by atoms with Crippen molar-refractivity contribution in [1.82, 2.24) is 20.1 Å². The van der Waals surface area contributed by atoms with E-state index in [1.54, 1.807) is 12.5 Å². The van der Waals surface area contributed by atoms with Crippen LogP contribution >= 0.6 is 0 Å². The van der Waals surface area contributed by atoms with Gasteiger partial charge in [0.05, 0.1) is 19.0 Å². The molecule has 0 aliphatic rings. The molecule has 0 atom stereocenters. The molecule has 0 bridgehead atoms. The van der Waals surface area contributed by atoms with Crippen LogP contribution in [-0.4, -0.2) is 47.3 Å². The molecular weight excluding hydrogens is 256 g/mol. The van der Waals surface area contributed by atoms with Crippen LogP contribution in [0.25, 0.3) is 0 Å². The highest BCUT2D eigenvalue weighted by molar-refractivity contribution is 5.37. The fourth-order valence-electron chi connectivity index (χ4n) is 1.65. The maximum absolute atomic E-state index is 5.24. The molecular formula is C13H20N6O. The third-order valence-electron chi connectivity index (χ3n) is 2.65. The average molecular weight is 276 g/mol. The van der Waals surface area contributed by atoms with Crippen molar-refractivity contribution in [1.29, 1.82) is 0 Å². The maximum atomic E-state index is 5.24. The van der Waals surface area contributed by atoms with Crippen LogP contribution in [0.15, 0.2) is 29.0 Å². The largest absolute Gasteiger partial charge is 0.467 e. The van der Waals surface area contributed by atoms with E-state index < -0.39 is 0 Å². The molecule has 0 saturated carbocycles. The number of hydrogen-bond donors (Lipinski definition) is 2. The second-order valence-electron chi connectivity index (χ2n) is 4.68. The van der Waals surface area contributed by atoms with E-state index in [2.05, 4.69) is 44.8 Å². The molecule has 0 aliphatic carbocycles. The van der Waals surface area contributed by atoms with Crippen molar-refractivity contribution in [3.63, 3.8) is 0 Å². The zero-order chi connectivity index (χ0) is 14.2. The quantitative estimate of drug-likeness (QED) is 0.706. The van der Waals surface area contributed by atoms with Crippen LogP contribution in [-0.2, 0) is 6.54 Å². The third kappa shape index (κ3) is 4.85. The summed E-state index contributed by atoms with van der Waals surface area (Å²) < 4.78 is 5.24. The zero-order valence-corrected chi connectivity index (χ0v) is 11.8. The average Bonchev–Trinajstić information content (AvgIpc) is 2.95. The highest BCUT2D eigenvalue weighted by atomic mass is 16.3. The van der Waals surface area contributed by atoms with E-state index in [1.807, 2.05) is 12.1 Å².